The second-order valence-electron chi connectivity index (χ2n) is 10.3. The Morgan fingerprint density at radius 1 is 0.622 bits per heavy atom. The van der Waals surface area contributed by atoms with Crippen molar-refractivity contribution in [1.82, 2.24) is 0 Å². The first-order valence-corrected chi connectivity index (χ1v) is 14.0. The molecule has 45 heavy (non-hydrogen) atoms. The van der Waals surface area contributed by atoms with Crippen LogP contribution in [-0.4, -0.2) is 115 Å². The molecule has 2 aliphatic rings. The number of benzene rings is 1. The normalized spacial score (nSPS) is 31.3. The first-order valence-electron chi connectivity index (χ1n) is 14.0. The zero-order valence-electron chi connectivity index (χ0n) is 25.4. The fraction of sp³-hybridized carbons (Fsp3) is 0.621. The highest BCUT2D eigenvalue weighted by atomic mass is 16.7. The van der Waals surface area contributed by atoms with Gasteiger partial charge in [-0.15, -0.1) is 0 Å². The highest BCUT2D eigenvalue weighted by Crippen LogP contribution is 2.31. The van der Waals surface area contributed by atoms with Gasteiger partial charge in [-0.3, -0.25) is 24.0 Å². The van der Waals surface area contributed by atoms with Gasteiger partial charge in [-0.2, -0.15) is 0 Å². The molecule has 3 rings (SSSR count). The average Bonchev–Trinajstić information content (AvgIpc) is 2.94. The first-order chi connectivity index (χ1) is 21.3. The zero-order valence-corrected chi connectivity index (χ0v) is 25.4. The molecule has 2 saturated heterocycles. The van der Waals surface area contributed by atoms with Crippen LogP contribution in [0.2, 0.25) is 0 Å². The summed E-state index contributed by atoms with van der Waals surface area (Å²) in [5.41, 5.74) is 0.837. The second kappa shape index (κ2) is 16.6. The summed E-state index contributed by atoms with van der Waals surface area (Å²) in [6.07, 6.45) is -14.9. The third-order valence-corrected chi connectivity index (χ3v) is 6.56. The van der Waals surface area contributed by atoms with Crippen LogP contribution in [0.3, 0.4) is 0 Å². The van der Waals surface area contributed by atoms with E-state index in [1.54, 1.807) is 0 Å². The Labute approximate surface area is 258 Å². The predicted molar refractivity (Wildman–Crippen MR) is 145 cm³/mol. The van der Waals surface area contributed by atoms with Gasteiger partial charge in [-0.05, 0) is 5.56 Å². The van der Waals surface area contributed by atoms with Crippen molar-refractivity contribution in [3.63, 3.8) is 0 Å². The van der Waals surface area contributed by atoms with Crippen molar-refractivity contribution in [3.8, 4) is 0 Å². The second-order valence-corrected chi connectivity index (χ2v) is 10.3. The maximum absolute atomic E-state index is 12.0. The quantitative estimate of drug-likeness (QED) is 0.221. The molecular weight excluding hydrogens is 604 g/mol. The molecule has 0 aliphatic carbocycles. The molecule has 1 aromatic carbocycles. The molecule has 0 bridgehead atoms. The molecule has 0 aromatic heterocycles. The fourth-order valence-corrected chi connectivity index (χ4v) is 4.87. The number of hydrogen-bond acceptors (Lipinski definition) is 16. The number of esters is 5. The van der Waals surface area contributed by atoms with E-state index in [1.165, 1.54) is 0 Å². The maximum Gasteiger partial charge on any atom is 0.303 e. The first kappa shape index (κ1) is 35.8. The van der Waals surface area contributed by atoms with Crippen LogP contribution in [0.4, 0.5) is 0 Å². The van der Waals surface area contributed by atoms with Crippen molar-refractivity contribution in [3.05, 3.63) is 35.9 Å². The number of carbonyl (C=O) groups excluding carboxylic acids is 5. The smallest absolute Gasteiger partial charge is 0.303 e. The SMILES string of the molecule is CC(=O)OC1C(OC(C)=O)[C@H](O)C(COCc2ccccc2)O[C@H]1OCC1O[C@H](O)C(OC(C)=O)C(OC(C)=O)[C@@H]1OC(C)=O. The molecule has 0 spiro atoms. The van der Waals surface area contributed by atoms with Crippen molar-refractivity contribution in [2.75, 3.05) is 13.2 Å². The van der Waals surface area contributed by atoms with Crippen LogP contribution in [0.15, 0.2) is 30.3 Å². The van der Waals surface area contributed by atoms with Gasteiger partial charge in [-0.25, -0.2) is 0 Å². The minimum absolute atomic E-state index is 0.156. The summed E-state index contributed by atoms with van der Waals surface area (Å²) >= 11 is 0. The summed E-state index contributed by atoms with van der Waals surface area (Å²) in [5, 5.41) is 21.7. The lowest BCUT2D eigenvalue weighted by molar-refractivity contribution is -0.330. The van der Waals surface area contributed by atoms with Crippen molar-refractivity contribution < 1.29 is 76.8 Å². The Morgan fingerprint density at radius 2 is 1.13 bits per heavy atom. The monoisotopic (exact) mass is 642 g/mol. The molecule has 0 radical (unpaired) electrons. The van der Waals surface area contributed by atoms with Gasteiger partial charge >= 0.3 is 29.8 Å². The van der Waals surface area contributed by atoms with E-state index in [9.17, 15) is 34.2 Å². The summed E-state index contributed by atoms with van der Waals surface area (Å²) in [4.78, 5) is 59.6. The summed E-state index contributed by atoms with van der Waals surface area (Å²) in [5.74, 6) is -4.13. The highest BCUT2D eigenvalue weighted by Gasteiger charge is 2.54. The molecular formula is C29H38O16. The van der Waals surface area contributed by atoms with Crippen LogP contribution in [0.5, 0.6) is 0 Å². The minimum Gasteiger partial charge on any atom is -0.456 e. The topological polar surface area (TPSA) is 209 Å². The van der Waals surface area contributed by atoms with E-state index in [0.717, 1.165) is 40.2 Å². The lowest BCUT2D eigenvalue weighted by Crippen LogP contribution is -2.64. The Bertz CT molecular complexity index is 1170. The summed E-state index contributed by atoms with van der Waals surface area (Å²) in [7, 11) is 0. The molecule has 2 heterocycles. The molecule has 16 nitrogen and oxygen atoms in total. The van der Waals surface area contributed by atoms with E-state index < -0.39 is 97.9 Å². The number of carbonyl (C=O) groups is 5. The van der Waals surface area contributed by atoms with Crippen molar-refractivity contribution >= 4 is 29.8 Å². The number of rotatable bonds is 12. The number of aliphatic hydroxyl groups is 2. The molecule has 250 valence electrons. The van der Waals surface area contributed by atoms with Crippen LogP contribution < -0.4 is 0 Å². The van der Waals surface area contributed by atoms with Crippen molar-refractivity contribution in [1.29, 1.82) is 0 Å². The van der Waals surface area contributed by atoms with E-state index >= 15 is 0 Å². The Morgan fingerprint density at radius 3 is 1.71 bits per heavy atom. The molecule has 10 atom stereocenters. The van der Waals surface area contributed by atoms with E-state index in [4.69, 9.17) is 42.6 Å². The predicted octanol–water partition coefficient (Wildman–Crippen LogP) is -0.319. The van der Waals surface area contributed by atoms with E-state index in [0.29, 0.717) is 0 Å². The van der Waals surface area contributed by atoms with Crippen LogP contribution in [0.25, 0.3) is 0 Å². The van der Waals surface area contributed by atoms with Gasteiger partial charge in [0.2, 0.25) is 0 Å². The average molecular weight is 643 g/mol. The molecule has 2 aliphatic heterocycles. The van der Waals surface area contributed by atoms with Gasteiger partial charge < -0.3 is 52.8 Å². The third kappa shape index (κ3) is 10.4. The zero-order chi connectivity index (χ0) is 33.3. The van der Waals surface area contributed by atoms with Crippen LogP contribution >= 0.6 is 0 Å². The number of aliphatic hydroxyl groups excluding tert-OH is 2. The minimum atomic E-state index is -1.86. The van der Waals surface area contributed by atoms with Gasteiger partial charge in [0.1, 0.15) is 18.3 Å². The van der Waals surface area contributed by atoms with Gasteiger partial charge in [0, 0.05) is 34.6 Å². The van der Waals surface area contributed by atoms with Gasteiger partial charge in [0.05, 0.1) is 19.8 Å². The molecule has 6 unspecified atom stereocenters. The van der Waals surface area contributed by atoms with Crippen molar-refractivity contribution in [2.24, 2.45) is 0 Å². The molecule has 2 fully saturated rings. The number of hydrogen-bond donors (Lipinski definition) is 2. The van der Waals surface area contributed by atoms with Crippen LogP contribution in [0.1, 0.15) is 40.2 Å². The van der Waals surface area contributed by atoms with Gasteiger partial charge in [-0.1, -0.05) is 30.3 Å². The summed E-state index contributed by atoms with van der Waals surface area (Å²) in [6, 6.07) is 9.14. The van der Waals surface area contributed by atoms with E-state index in [2.05, 4.69) is 0 Å². The molecule has 16 heteroatoms. The summed E-state index contributed by atoms with van der Waals surface area (Å²) < 4.78 is 49.4. The Hall–Kier alpha value is -3.67. The highest BCUT2D eigenvalue weighted by molar-refractivity contribution is 5.69. The third-order valence-electron chi connectivity index (χ3n) is 6.56. The molecule has 0 amide bonds. The van der Waals surface area contributed by atoms with E-state index in [-0.39, 0.29) is 13.2 Å². The summed E-state index contributed by atoms with van der Waals surface area (Å²) in [6.45, 7) is 4.75. The molecule has 2 N–H and O–H groups in total. The Kier molecular flexibility index (Phi) is 13.2. The maximum atomic E-state index is 12.0. The molecule has 1 aromatic rings. The van der Waals surface area contributed by atoms with Crippen LogP contribution in [-0.2, 0) is 73.2 Å². The van der Waals surface area contributed by atoms with Gasteiger partial charge in [0.15, 0.2) is 43.1 Å². The fourth-order valence-electron chi connectivity index (χ4n) is 4.87. The lowest BCUT2D eigenvalue weighted by atomic mass is 9.97. The van der Waals surface area contributed by atoms with Crippen molar-refractivity contribution in [2.45, 2.75) is 103 Å². The molecule has 0 saturated carbocycles. The largest absolute Gasteiger partial charge is 0.456 e. The van der Waals surface area contributed by atoms with E-state index in [1.807, 2.05) is 30.3 Å². The standard InChI is InChI=1S/C29H38O16/c1-14(30)39-23-21(44-28(36)26(42-17(4)33)25(23)41-16(3)32)13-38-29-27(43-18(5)34)24(40-15(2)31)22(35)20(45-29)12-37-11-19-9-7-6-8-10-19/h6-10,20-29,35-36H,11-13H2,1-5H3/t20?,21?,22-,23-,24?,25?,26?,27?,28+,29-/m1/s1. The van der Waals surface area contributed by atoms with Gasteiger partial charge in [0.25, 0.3) is 0 Å². The van der Waals surface area contributed by atoms with Crippen LogP contribution in [0, 0.1) is 0 Å². The Balaban J connectivity index is 1.86. The lowest BCUT2D eigenvalue weighted by Gasteiger charge is -2.45. The number of ether oxygens (including phenoxy) is 9.